The lowest BCUT2D eigenvalue weighted by Crippen LogP contribution is -2.35. The molecule has 1 aliphatic rings. The predicted molar refractivity (Wildman–Crippen MR) is 56.0 cm³/mol. The first-order chi connectivity index (χ1) is 7.72. The Bertz CT molecular complexity index is 425. The van der Waals surface area contributed by atoms with Gasteiger partial charge >= 0.3 is 11.9 Å². The van der Waals surface area contributed by atoms with E-state index in [-0.39, 0.29) is 6.61 Å². The topological polar surface area (TPSA) is 52.6 Å². The van der Waals surface area contributed by atoms with Gasteiger partial charge in [-0.25, -0.2) is 9.59 Å². The van der Waals surface area contributed by atoms with Crippen LogP contribution in [0.3, 0.4) is 0 Å². The van der Waals surface area contributed by atoms with Gasteiger partial charge in [0.25, 0.3) is 0 Å². The zero-order valence-corrected chi connectivity index (χ0v) is 8.93. The number of hydrogen-bond donors (Lipinski definition) is 0. The van der Waals surface area contributed by atoms with E-state index in [2.05, 4.69) is 0 Å². The van der Waals surface area contributed by atoms with Crippen molar-refractivity contribution in [2.24, 2.45) is 0 Å². The van der Waals surface area contributed by atoms with Gasteiger partial charge in [0, 0.05) is 6.42 Å². The molecule has 0 fully saturated rings. The second kappa shape index (κ2) is 4.35. The number of carbonyl (C=O) groups is 2. The van der Waals surface area contributed by atoms with Crippen molar-refractivity contribution >= 4 is 11.9 Å². The van der Waals surface area contributed by atoms with E-state index in [1.165, 1.54) is 0 Å². The summed E-state index contributed by atoms with van der Waals surface area (Å²) in [6, 6.07) is 7.12. The highest BCUT2D eigenvalue weighted by atomic mass is 16.6. The molecule has 0 saturated heterocycles. The van der Waals surface area contributed by atoms with Crippen molar-refractivity contribution < 1.29 is 19.1 Å². The Balaban J connectivity index is 2.21. The minimum Gasteiger partial charge on any atom is -0.463 e. The number of cyclic esters (lactones) is 1. The number of esters is 2. The van der Waals surface area contributed by atoms with E-state index in [9.17, 15) is 9.59 Å². The molecule has 1 aromatic carbocycles. The SMILES string of the molecule is CCOC(=O)[C@H]1Cc2ccccc2C(=O)O1. The lowest BCUT2D eigenvalue weighted by molar-refractivity contribution is -0.153. The number of rotatable bonds is 2. The molecule has 0 amide bonds. The molecular weight excluding hydrogens is 208 g/mol. The molecule has 1 atom stereocenters. The summed E-state index contributed by atoms with van der Waals surface area (Å²) in [5.41, 5.74) is 1.36. The highest BCUT2D eigenvalue weighted by Gasteiger charge is 2.31. The lowest BCUT2D eigenvalue weighted by atomic mass is 9.99. The number of carbonyl (C=O) groups excluding carboxylic acids is 2. The highest BCUT2D eigenvalue weighted by Crippen LogP contribution is 2.20. The zero-order valence-electron chi connectivity index (χ0n) is 8.93. The molecule has 0 spiro atoms. The third-order valence-corrected chi connectivity index (χ3v) is 2.44. The maximum Gasteiger partial charge on any atom is 0.347 e. The zero-order chi connectivity index (χ0) is 11.5. The molecule has 0 radical (unpaired) electrons. The summed E-state index contributed by atoms with van der Waals surface area (Å²) in [6.07, 6.45) is -0.414. The standard InChI is InChI=1S/C12H12O4/c1-2-15-12(14)10-7-8-5-3-4-6-9(8)11(13)16-10/h3-6,10H,2,7H2,1H3/t10-/m1/s1. The van der Waals surface area contributed by atoms with Crippen molar-refractivity contribution in [1.82, 2.24) is 0 Å². The van der Waals surface area contributed by atoms with Crippen LogP contribution in [0.4, 0.5) is 0 Å². The van der Waals surface area contributed by atoms with Gasteiger partial charge < -0.3 is 9.47 Å². The van der Waals surface area contributed by atoms with Crippen LogP contribution in [0.25, 0.3) is 0 Å². The maximum atomic E-state index is 11.6. The average Bonchev–Trinajstić information content (AvgIpc) is 2.29. The molecule has 1 aromatic rings. The van der Waals surface area contributed by atoms with Crippen LogP contribution in [0.15, 0.2) is 24.3 Å². The Morgan fingerprint density at radius 1 is 1.50 bits per heavy atom. The third-order valence-electron chi connectivity index (χ3n) is 2.44. The van der Waals surface area contributed by atoms with Crippen molar-refractivity contribution in [3.05, 3.63) is 35.4 Å². The summed E-state index contributed by atoms with van der Waals surface area (Å²) >= 11 is 0. The number of hydrogen-bond acceptors (Lipinski definition) is 4. The molecule has 0 N–H and O–H groups in total. The molecule has 4 nitrogen and oxygen atoms in total. The Hall–Kier alpha value is -1.84. The van der Waals surface area contributed by atoms with Gasteiger partial charge in [-0.2, -0.15) is 0 Å². The fourth-order valence-corrected chi connectivity index (χ4v) is 1.70. The van der Waals surface area contributed by atoms with Gasteiger partial charge in [-0.15, -0.1) is 0 Å². The Kier molecular flexibility index (Phi) is 2.90. The molecule has 1 aliphatic heterocycles. The van der Waals surface area contributed by atoms with Gasteiger partial charge in [0.1, 0.15) is 0 Å². The van der Waals surface area contributed by atoms with Crippen LogP contribution in [0.1, 0.15) is 22.8 Å². The van der Waals surface area contributed by atoms with Gasteiger partial charge in [-0.1, -0.05) is 18.2 Å². The monoisotopic (exact) mass is 220 g/mol. The fraction of sp³-hybridized carbons (Fsp3) is 0.333. The summed E-state index contributed by atoms with van der Waals surface area (Å²) in [7, 11) is 0. The first-order valence-electron chi connectivity index (χ1n) is 5.18. The van der Waals surface area contributed by atoms with Crippen LogP contribution in [-0.4, -0.2) is 24.6 Å². The van der Waals surface area contributed by atoms with E-state index >= 15 is 0 Å². The minimum atomic E-state index is -0.803. The summed E-state index contributed by atoms with van der Waals surface area (Å²) < 4.78 is 9.84. The van der Waals surface area contributed by atoms with E-state index in [1.54, 1.807) is 19.1 Å². The highest BCUT2D eigenvalue weighted by molar-refractivity contribution is 5.94. The van der Waals surface area contributed by atoms with E-state index < -0.39 is 18.0 Å². The van der Waals surface area contributed by atoms with Crippen molar-refractivity contribution in [3.8, 4) is 0 Å². The second-order valence-electron chi connectivity index (χ2n) is 3.51. The number of ether oxygens (including phenoxy) is 2. The summed E-state index contributed by atoms with van der Waals surface area (Å²) in [4.78, 5) is 23.0. The van der Waals surface area contributed by atoms with Crippen molar-refractivity contribution in [3.63, 3.8) is 0 Å². The largest absolute Gasteiger partial charge is 0.463 e. The maximum absolute atomic E-state index is 11.6. The molecule has 1 heterocycles. The minimum absolute atomic E-state index is 0.286. The van der Waals surface area contributed by atoms with Crippen LogP contribution in [-0.2, 0) is 20.7 Å². The summed E-state index contributed by atoms with van der Waals surface area (Å²) in [5.74, 6) is -0.940. The Morgan fingerprint density at radius 3 is 3.00 bits per heavy atom. The quantitative estimate of drug-likeness (QED) is 0.705. The normalized spacial score (nSPS) is 18.6. The van der Waals surface area contributed by atoms with Gasteiger partial charge in [0.15, 0.2) is 0 Å². The Morgan fingerprint density at radius 2 is 2.25 bits per heavy atom. The van der Waals surface area contributed by atoms with Crippen LogP contribution >= 0.6 is 0 Å². The molecule has 4 heteroatoms. The summed E-state index contributed by atoms with van der Waals surface area (Å²) in [6.45, 7) is 2.00. The molecule has 16 heavy (non-hydrogen) atoms. The van der Waals surface area contributed by atoms with Gasteiger partial charge in [0.2, 0.25) is 6.10 Å². The Labute approximate surface area is 93.2 Å². The van der Waals surface area contributed by atoms with E-state index in [1.807, 2.05) is 12.1 Å². The van der Waals surface area contributed by atoms with Gasteiger partial charge in [-0.05, 0) is 18.6 Å². The fourth-order valence-electron chi connectivity index (χ4n) is 1.70. The number of fused-ring (bicyclic) bond motifs is 1. The van der Waals surface area contributed by atoms with Gasteiger partial charge in [-0.3, -0.25) is 0 Å². The molecule has 84 valence electrons. The average molecular weight is 220 g/mol. The molecule has 2 rings (SSSR count). The van der Waals surface area contributed by atoms with Crippen molar-refractivity contribution in [2.45, 2.75) is 19.4 Å². The van der Waals surface area contributed by atoms with Crippen LogP contribution < -0.4 is 0 Å². The predicted octanol–water partition coefficient (Wildman–Crippen LogP) is 1.33. The first kappa shape index (κ1) is 10.7. The molecular formula is C12H12O4. The first-order valence-corrected chi connectivity index (χ1v) is 5.18. The molecule has 0 bridgehead atoms. The van der Waals surface area contributed by atoms with Gasteiger partial charge in [0.05, 0.1) is 12.2 Å². The summed E-state index contributed by atoms with van der Waals surface area (Å²) in [5, 5.41) is 0. The molecule has 0 aromatic heterocycles. The van der Waals surface area contributed by atoms with E-state index in [0.717, 1.165) is 5.56 Å². The van der Waals surface area contributed by atoms with E-state index in [4.69, 9.17) is 9.47 Å². The molecule has 0 aliphatic carbocycles. The lowest BCUT2D eigenvalue weighted by Gasteiger charge is -2.22. The van der Waals surface area contributed by atoms with E-state index in [0.29, 0.717) is 12.0 Å². The van der Waals surface area contributed by atoms with Crippen molar-refractivity contribution in [2.75, 3.05) is 6.61 Å². The van der Waals surface area contributed by atoms with Crippen LogP contribution in [0.5, 0.6) is 0 Å². The van der Waals surface area contributed by atoms with Crippen LogP contribution in [0, 0.1) is 0 Å². The second-order valence-corrected chi connectivity index (χ2v) is 3.51. The van der Waals surface area contributed by atoms with Crippen molar-refractivity contribution in [1.29, 1.82) is 0 Å². The smallest absolute Gasteiger partial charge is 0.347 e. The third kappa shape index (κ3) is 1.91. The van der Waals surface area contributed by atoms with Crippen LogP contribution in [0.2, 0.25) is 0 Å². The number of benzene rings is 1. The molecule has 0 unspecified atom stereocenters. The molecule has 0 saturated carbocycles.